The molecule has 0 spiro atoms. The molecule has 1 heterocycles. The molecule has 1 saturated heterocycles. The Hall–Kier alpha value is -1.59. The van der Waals surface area contributed by atoms with Gasteiger partial charge in [0.1, 0.15) is 0 Å². The Labute approximate surface area is 122 Å². The molecule has 0 aromatic heterocycles. The van der Waals surface area contributed by atoms with E-state index in [0.717, 1.165) is 6.42 Å². The number of benzene rings is 1. The van der Waals surface area contributed by atoms with E-state index in [9.17, 15) is 9.59 Å². The molecule has 1 aliphatic rings. The smallest absolute Gasteiger partial charge is 0.336 e. The van der Waals surface area contributed by atoms with E-state index in [1.807, 2.05) is 0 Å². The number of nitrogens with one attached hydrogen (secondary N) is 1. The Kier molecular flexibility index (Phi) is 4.98. The summed E-state index contributed by atoms with van der Waals surface area (Å²) in [5.74, 6) is -0.922. The van der Waals surface area contributed by atoms with Gasteiger partial charge in [0, 0.05) is 6.61 Å². The molecular weight excluding hydrogens is 282 g/mol. The monoisotopic (exact) mass is 297 g/mol. The highest BCUT2D eigenvalue weighted by atomic mass is 35.5. The van der Waals surface area contributed by atoms with Gasteiger partial charge in [-0.2, -0.15) is 0 Å². The Bertz CT molecular complexity index is 500. The molecule has 0 aliphatic carbocycles. The molecule has 0 unspecified atom stereocenters. The first-order valence-corrected chi connectivity index (χ1v) is 6.83. The van der Waals surface area contributed by atoms with Crippen molar-refractivity contribution < 1.29 is 19.1 Å². The van der Waals surface area contributed by atoms with Crippen LogP contribution in [0.3, 0.4) is 0 Å². The minimum atomic E-state index is -0.900. The van der Waals surface area contributed by atoms with Crippen LogP contribution >= 0.6 is 11.6 Å². The fraction of sp³-hybridized carbons (Fsp3) is 0.429. The Balaban J connectivity index is 1.88. The lowest BCUT2D eigenvalue weighted by atomic mass is 10.2. The summed E-state index contributed by atoms with van der Waals surface area (Å²) in [7, 11) is 0. The molecule has 20 heavy (non-hydrogen) atoms. The molecule has 1 aliphatic heterocycles. The van der Waals surface area contributed by atoms with Crippen molar-refractivity contribution in [3.05, 3.63) is 29.3 Å². The van der Waals surface area contributed by atoms with Crippen molar-refractivity contribution in [1.29, 1.82) is 0 Å². The fourth-order valence-corrected chi connectivity index (χ4v) is 2.05. The van der Waals surface area contributed by atoms with Gasteiger partial charge in [0.25, 0.3) is 5.91 Å². The number of esters is 1. The molecule has 0 radical (unpaired) electrons. The van der Waals surface area contributed by atoms with Crippen molar-refractivity contribution in [2.45, 2.75) is 32.0 Å². The van der Waals surface area contributed by atoms with E-state index in [2.05, 4.69) is 5.32 Å². The number of carbonyl (C=O) groups excluding carboxylic acids is 2. The number of rotatable bonds is 4. The summed E-state index contributed by atoms with van der Waals surface area (Å²) in [6.07, 6.45) is 0.0195. The SMILES string of the molecule is C[C@H](OC(=O)[C@@H]1CCCO1)C(=O)Nc1ccccc1Cl. The summed E-state index contributed by atoms with van der Waals surface area (Å²) in [4.78, 5) is 23.7. The Morgan fingerprint density at radius 3 is 2.85 bits per heavy atom. The van der Waals surface area contributed by atoms with Gasteiger partial charge in [-0.3, -0.25) is 4.79 Å². The molecule has 5 nitrogen and oxygen atoms in total. The first kappa shape index (κ1) is 14.8. The van der Waals surface area contributed by atoms with E-state index in [1.54, 1.807) is 24.3 Å². The molecular formula is C14H16ClNO4. The molecule has 0 bridgehead atoms. The molecule has 2 atom stereocenters. The lowest BCUT2D eigenvalue weighted by Gasteiger charge is -2.16. The molecule has 1 N–H and O–H groups in total. The van der Waals surface area contributed by atoms with E-state index >= 15 is 0 Å². The van der Waals surface area contributed by atoms with Gasteiger partial charge in [0.05, 0.1) is 10.7 Å². The van der Waals surface area contributed by atoms with E-state index in [0.29, 0.717) is 23.7 Å². The highest BCUT2D eigenvalue weighted by molar-refractivity contribution is 6.33. The van der Waals surface area contributed by atoms with Crippen LogP contribution in [0.1, 0.15) is 19.8 Å². The Morgan fingerprint density at radius 2 is 2.20 bits per heavy atom. The first-order valence-electron chi connectivity index (χ1n) is 6.45. The number of amides is 1. The zero-order valence-corrected chi connectivity index (χ0v) is 11.9. The number of carbonyl (C=O) groups is 2. The van der Waals surface area contributed by atoms with E-state index in [4.69, 9.17) is 21.1 Å². The van der Waals surface area contributed by atoms with Crippen LogP contribution in [0, 0.1) is 0 Å². The van der Waals surface area contributed by atoms with Crippen LogP contribution in [0.25, 0.3) is 0 Å². The molecule has 1 aromatic rings. The fourth-order valence-electron chi connectivity index (χ4n) is 1.86. The lowest BCUT2D eigenvalue weighted by Crippen LogP contribution is -2.34. The van der Waals surface area contributed by atoms with Crippen LogP contribution in [0.15, 0.2) is 24.3 Å². The third-order valence-corrected chi connectivity index (χ3v) is 3.32. The largest absolute Gasteiger partial charge is 0.451 e. The van der Waals surface area contributed by atoms with Crippen molar-refractivity contribution in [3.8, 4) is 0 Å². The van der Waals surface area contributed by atoms with Gasteiger partial charge in [-0.25, -0.2) is 4.79 Å². The third-order valence-electron chi connectivity index (χ3n) is 2.99. The number of ether oxygens (including phenoxy) is 2. The summed E-state index contributed by atoms with van der Waals surface area (Å²) in [6.45, 7) is 2.07. The predicted octanol–water partition coefficient (Wildman–Crippen LogP) is 2.39. The average Bonchev–Trinajstić information content (AvgIpc) is 2.95. The number of hydrogen-bond donors (Lipinski definition) is 1. The zero-order chi connectivity index (χ0) is 14.5. The third kappa shape index (κ3) is 3.71. The predicted molar refractivity (Wildman–Crippen MR) is 74.6 cm³/mol. The van der Waals surface area contributed by atoms with Crippen LogP contribution in [-0.2, 0) is 19.1 Å². The van der Waals surface area contributed by atoms with Gasteiger partial charge < -0.3 is 14.8 Å². The molecule has 2 rings (SSSR count). The van der Waals surface area contributed by atoms with Gasteiger partial charge in [-0.05, 0) is 31.9 Å². The standard InChI is InChI=1S/C14H16ClNO4/c1-9(20-14(18)12-7-4-8-19-12)13(17)16-11-6-3-2-5-10(11)15/h2-3,5-6,9,12H,4,7-8H2,1H3,(H,16,17)/t9-,12-/m0/s1. The summed E-state index contributed by atoms with van der Waals surface area (Å²) >= 11 is 5.94. The maximum absolute atomic E-state index is 11.9. The van der Waals surface area contributed by atoms with Crippen molar-refractivity contribution in [2.75, 3.05) is 11.9 Å². The van der Waals surface area contributed by atoms with E-state index < -0.39 is 24.1 Å². The van der Waals surface area contributed by atoms with Crippen LogP contribution in [0.4, 0.5) is 5.69 Å². The second-order valence-electron chi connectivity index (χ2n) is 4.55. The maximum Gasteiger partial charge on any atom is 0.336 e. The van der Waals surface area contributed by atoms with Gasteiger partial charge >= 0.3 is 5.97 Å². The highest BCUT2D eigenvalue weighted by Crippen LogP contribution is 2.21. The average molecular weight is 298 g/mol. The number of para-hydroxylation sites is 1. The summed E-state index contributed by atoms with van der Waals surface area (Å²) < 4.78 is 10.3. The molecule has 1 aromatic carbocycles. The maximum atomic E-state index is 11.9. The van der Waals surface area contributed by atoms with Gasteiger partial charge in [-0.1, -0.05) is 23.7 Å². The van der Waals surface area contributed by atoms with Crippen molar-refractivity contribution >= 4 is 29.2 Å². The minimum Gasteiger partial charge on any atom is -0.451 e. The van der Waals surface area contributed by atoms with Gasteiger partial charge in [0.15, 0.2) is 12.2 Å². The van der Waals surface area contributed by atoms with Crippen molar-refractivity contribution in [3.63, 3.8) is 0 Å². The highest BCUT2D eigenvalue weighted by Gasteiger charge is 2.28. The molecule has 108 valence electrons. The van der Waals surface area contributed by atoms with Crippen LogP contribution in [0.5, 0.6) is 0 Å². The lowest BCUT2D eigenvalue weighted by molar-refractivity contribution is -0.162. The first-order chi connectivity index (χ1) is 9.58. The van der Waals surface area contributed by atoms with Crippen LogP contribution in [0.2, 0.25) is 5.02 Å². The second-order valence-corrected chi connectivity index (χ2v) is 4.96. The molecule has 1 amide bonds. The summed E-state index contributed by atoms with van der Waals surface area (Å²) in [6, 6.07) is 6.86. The number of halogens is 1. The molecule has 6 heteroatoms. The molecule has 0 saturated carbocycles. The van der Waals surface area contributed by atoms with Gasteiger partial charge in [0.2, 0.25) is 0 Å². The zero-order valence-electron chi connectivity index (χ0n) is 11.1. The quantitative estimate of drug-likeness (QED) is 0.867. The summed E-state index contributed by atoms with van der Waals surface area (Å²) in [5.41, 5.74) is 0.485. The Morgan fingerprint density at radius 1 is 1.45 bits per heavy atom. The van der Waals surface area contributed by atoms with E-state index in [-0.39, 0.29) is 0 Å². The second kappa shape index (κ2) is 6.72. The molecule has 1 fully saturated rings. The van der Waals surface area contributed by atoms with Crippen molar-refractivity contribution in [1.82, 2.24) is 0 Å². The van der Waals surface area contributed by atoms with Crippen LogP contribution in [-0.4, -0.2) is 30.7 Å². The normalized spacial score (nSPS) is 19.4. The number of anilines is 1. The topological polar surface area (TPSA) is 64.6 Å². The van der Waals surface area contributed by atoms with E-state index in [1.165, 1.54) is 6.92 Å². The number of hydrogen-bond acceptors (Lipinski definition) is 4. The van der Waals surface area contributed by atoms with Crippen molar-refractivity contribution in [2.24, 2.45) is 0 Å². The van der Waals surface area contributed by atoms with Gasteiger partial charge in [-0.15, -0.1) is 0 Å². The van der Waals surface area contributed by atoms with Crippen LogP contribution < -0.4 is 5.32 Å². The summed E-state index contributed by atoms with van der Waals surface area (Å²) in [5, 5.41) is 3.05. The minimum absolute atomic E-state index is 0.426.